The predicted molar refractivity (Wildman–Crippen MR) is 123 cm³/mol. The molecule has 6 rings (SSSR count). The average Bonchev–Trinajstić information content (AvgIpc) is 3.19. The molecule has 4 aliphatic carbocycles. The largest absolute Gasteiger partial charge is 0.393 e. The number of rotatable bonds is 1. The molecule has 1 aromatic heterocycles. The highest BCUT2D eigenvalue weighted by Crippen LogP contribution is 2.59. The van der Waals surface area contributed by atoms with E-state index in [2.05, 4.69) is 41.2 Å². The summed E-state index contributed by atoms with van der Waals surface area (Å²) in [6.07, 6.45) is 10.7. The molecule has 5 atom stereocenters. The van der Waals surface area contributed by atoms with Crippen LogP contribution in [0.15, 0.2) is 47.1 Å². The predicted octanol–water partition coefficient (Wildman–Crippen LogP) is 4.50. The van der Waals surface area contributed by atoms with Gasteiger partial charge in [0, 0.05) is 5.41 Å². The molecule has 1 saturated carbocycles. The Morgan fingerprint density at radius 1 is 1.19 bits per heavy atom. The molecule has 31 heavy (non-hydrogen) atoms. The number of hydrogen-bond acceptors (Lipinski definition) is 4. The third-order valence-electron chi connectivity index (χ3n) is 8.47. The van der Waals surface area contributed by atoms with Crippen LogP contribution in [0.1, 0.15) is 57.4 Å². The van der Waals surface area contributed by atoms with Gasteiger partial charge in [-0.15, -0.1) is 0 Å². The van der Waals surface area contributed by atoms with Crippen LogP contribution in [0.5, 0.6) is 0 Å². The molecule has 0 aliphatic heterocycles. The van der Waals surface area contributed by atoms with Gasteiger partial charge in [-0.25, -0.2) is 4.98 Å². The third-order valence-corrected chi connectivity index (χ3v) is 8.47. The molecule has 4 aliphatic rings. The van der Waals surface area contributed by atoms with Gasteiger partial charge in [-0.1, -0.05) is 36.3 Å². The molecule has 2 aromatic rings. The summed E-state index contributed by atoms with van der Waals surface area (Å²) in [6, 6.07) is 6.33. The number of nitrogens with zero attached hydrogens (tertiary/aromatic N) is 1. The number of aromatic amines is 1. The van der Waals surface area contributed by atoms with Crippen molar-refractivity contribution in [2.24, 2.45) is 17.3 Å². The first-order chi connectivity index (χ1) is 14.9. The van der Waals surface area contributed by atoms with Crippen molar-refractivity contribution in [3.63, 3.8) is 0 Å². The van der Waals surface area contributed by atoms with Crippen molar-refractivity contribution >= 4 is 22.6 Å². The number of nitrogens with one attached hydrogen (secondary N) is 1. The molecule has 0 amide bonds. The Hall–Kier alpha value is -2.37. The van der Waals surface area contributed by atoms with E-state index >= 15 is 0 Å². The number of aliphatic hydroxyl groups is 2. The van der Waals surface area contributed by atoms with Gasteiger partial charge in [-0.05, 0) is 85.6 Å². The van der Waals surface area contributed by atoms with Crippen molar-refractivity contribution in [2.75, 3.05) is 5.73 Å². The van der Waals surface area contributed by atoms with Crippen LogP contribution in [0.3, 0.4) is 0 Å². The van der Waals surface area contributed by atoms with Crippen LogP contribution in [0, 0.1) is 17.3 Å². The summed E-state index contributed by atoms with van der Waals surface area (Å²) >= 11 is 0. The molecule has 0 saturated heterocycles. The third kappa shape index (κ3) is 2.94. The standard InChI is InChI=1S/C26H31N3O2/c1-26-13-24(31)19-11-16-10-17(30)5-2-14(16)3-6-18(19)21(26)8-7-20(26)15-4-9-22-23(12-15)29-25(27)28-22/h4,7,9,11-12,14,17,21,24,30-31H,2-3,5-6,8,10,13H2,1H3,(H3,27,28,29). The summed E-state index contributed by atoms with van der Waals surface area (Å²) in [5, 5.41) is 21.5. The SMILES string of the molecule is CC12CC(O)C3=C(CCC4CCC(O)CC4=C3)C1CC=C2c1ccc2nc(N)[nH]c2c1. The summed E-state index contributed by atoms with van der Waals surface area (Å²) in [6.45, 7) is 2.34. The highest BCUT2D eigenvalue weighted by molar-refractivity contribution is 5.84. The van der Waals surface area contributed by atoms with Gasteiger partial charge in [0.1, 0.15) is 0 Å². The number of aromatic nitrogens is 2. The van der Waals surface area contributed by atoms with E-state index in [1.807, 2.05) is 6.07 Å². The lowest BCUT2D eigenvalue weighted by Crippen LogP contribution is -2.37. The summed E-state index contributed by atoms with van der Waals surface area (Å²) in [5.74, 6) is 1.44. The fraction of sp³-hybridized carbons (Fsp3) is 0.500. The molecule has 0 spiro atoms. The van der Waals surface area contributed by atoms with Gasteiger partial charge in [-0.2, -0.15) is 0 Å². The molecule has 1 aromatic carbocycles. The van der Waals surface area contributed by atoms with E-state index in [9.17, 15) is 10.2 Å². The Labute approximate surface area is 182 Å². The minimum absolute atomic E-state index is 0.0783. The van der Waals surface area contributed by atoms with Crippen LogP contribution in [-0.4, -0.2) is 32.4 Å². The number of H-pyrrole nitrogens is 1. The van der Waals surface area contributed by atoms with E-state index in [-0.39, 0.29) is 11.5 Å². The molecule has 162 valence electrons. The minimum atomic E-state index is -0.449. The maximum atomic E-state index is 11.3. The zero-order valence-electron chi connectivity index (χ0n) is 18.1. The fourth-order valence-electron chi connectivity index (χ4n) is 6.93. The van der Waals surface area contributed by atoms with E-state index in [1.54, 1.807) is 0 Å². The van der Waals surface area contributed by atoms with E-state index in [0.29, 0.717) is 17.8 Å². The van der Waals surface area contributed by atoms with Gasteiger partial charge in [-0.3, -0.25) is 0 Å². The number of fused-ring (bicyclic) bond motifs is 4. The number of benzene rings is 1. The molecule has 5 unspecified atom stereocenters. The first-order valence-electron chi connectivity index (χ1n) is 11.7. The summed E-state index contributed by atoms with van der Waals surface area (Å²) in [4.78, 5) is 7.48. The van der Waals surface area contributed by atoms with Gasteiger partial charge in [0.05, 0.1) is 23.2 Å². The number of anilines is 1. The Balaban J connectivity index is 1.38. The topological polar surface area (TPSA) is 95.2 Å². The Bertz CT molecular complexity index is 1160. The lowest BCUT2D eigenvalue weighted by atomic mass is 9.61. The highest BCUT2D eigenvalue weighted by Gasteiger charge is 2.49. The Kier molecular flexibility index (Phi) is 4.25. The molecule has 0 bridgehead atoms. The smallest absolute Gasteiger partial charge is 0.198 e. The molecule has 1 heterocycles. The summed E-state index contributed by atoms with van der Waals surface area (Å²) in [5.41, 5.74) is 14.1. The zero-order chi connectivity index (χ0) is 21.3. The van der Waals surface area contributed by atoms with Crippen LogP contribution >= 0.6 is 0 Å². The van der Waals surface area contributed by atoms with Crippen molar-refractivity contribution in [3.05, 3.63) is 52.6 Å². The maximum Gasteiger partial charge on any atom is 0.198 e. The van der Waals surface area contributed by atoms with Crippen LogP contribution in [0.25, 0.3) is 16.6 Å². The molecule has 5 N–H and O–H groups in total. The van der Waals surface area contributed by atoms with E-state index in [1.165, 1.54) is 22.3 Å². The quantitative estimate of drug-likeness (QED) is 0.549. The average molecular weight is 418 g/mol. The van der Waals surface area contributed by atoms with Gasteiger partial charge in [0.15, 0.2) is 5.95 Å². The van der Waals surface area contributed by atoms with Gasteiger partial charge >= 0.3 is 0 Å². The van der Waals surface area contributed by atoms with Crippen molar-refractivity contribution in [2.45, 2.75) is 64.1 Å². The van der Waals surface area contributed by atoms with E-state index < -0.39 is 6.10 Å². The zero-order valence-corrected chi connectivity index (χ0v) is 18.1. The molecular formula is C26H31N3O2. The van der Waals surface area contributed by atoms with Crippen LogP contribution in [0.4, 0.5) is 5.95 Å². The van der Waals surface area contributed by atoms with Crippen molar-refractivity contribution in [1.82, 2.24) is 9.97 Å². The molecule has 0 radical (unpaired) electrons. The van der Waals surface area contributed by atoms with Crippen LogP contribution in [0.2, 0.25) is 0 Å². The van der Waals surface area contributed by atoms with Crippen LogP contribution < -0.4 is 5.73 Å². The summed E-state index contributed by atoms with van der Waals surface area (Å²) in [7, 11) is 0. The molecule has 1 fully saturated rings. The highest BCUT2D eigenvalue weighted by atomic mass is 16.3. The number of nitrogen functional groups attached to an aromatic ring is 1. The van der Waals surface area contributed by atoms with Crippen LogP contribution in [-0.2, 0) is 0 Å². The second-order valence-electron chi connectivity index (χ2n) is 10.3. The van der Waals surface area contributed by atoms with Crippen molar-refractivity contribution in [1.29, 1.82) is 0 Å². The summed E-state index contributed by atoms with van der Waals surface area (Å²) < 4.78 is 0. The Morgan fingerprint density at radius 3 is 2.94 bits per heavy atom. The van der Waals surface area contributed by atoms with Gasteiger partial charge < -0.3 is 20.9 Å². The molecule has 5 nitrogen and oxygen atoms in total. The lowest BCUT2D eigenvalue weighted by molar-refractivity contribution is 0.124. The number of hydrogen-bond donors (Lipinski definition) is 4. The molecular weight excluding hydrogens is 386 g/mol. The normalized spacial score (nSPS) is 35.2. The van der Waals surface area contributed by atoms with Crippen molar-refractivity contribution < 1.29 is 10.2 Å². The lowest BCUT2D eigenvalue weighted by Gasteiger charge is -2.43. The Morgan fingerprint density at radius 2 is 2.06 bits per heavy atom. The first-order valence-corrected chi connectivity index (χ1v) is 11.7. The van der Waals surface area contributed by atoms with E-state index in [0.717, 1.165) is 61.6 Å². The number of nitrogens with two attached hydrogens (primary N) is 1. The second kappa shape index (κ2) is 6.81. The number of allylic oxidation sites excluding steroid dienone is 3. The molecule has 5 heteroatoms. The minimum Gasteiger partial charge on any atom is -0.393 e. The van der Waals surface area contributed by atoms with Gasteiger partial charge in [0.2, 0.25) is 0 Å². The number of imidazole rings is 1. The first kappa shape index (κ1) is 19.3. The number of aliphatic hydroxyl groups excluding tert-OH is 2. The maximum absolute atomic E-state index is 11.3. The fourth-order valence-corrected chi connectivity index (χ4v) is 6.93. The van der Waals surface area contributed by atoms with Gasteiger partial charge in [0.25, 0.3) is 0 Å². The van der Waals surface area contributed by atoms with Crippen molar-refractivity contribution in [3.8, 4) is 0 Å². The van der Waals surface area contributed by atoms with E-state index in [4.69, 9.17) is 5.73 Å². The second-order valence-corrected chi connectivity index (χ2v) is 10.3. The monoisotopic (exact) mass is 417 g/mol.